The van der Waals surface area contributed by atoms with Gasteiger partial charge in [-0.3, -0.25) is 0 Å². The van der Waals surface area contributed by atoms with Crippen LogP contribution in [0.4, 0.5) is 5.69 Å². The Morgan fingerprint density at radius 1 is 1.00 bits per heavy atom. The molecule has 1 heterocycles. The lowest BCUT2D eigenvalue weighted by atomic mass is 10.1. The molecular weight excluding hydrogens is 310 g/mol. The zero-order valence-electron chi connectivity index (χ0n) is 16.3. The Kier molecular flexibility index (Phi) is 9.93. The summed E-state index contributed by atoms with van der Waals surface area (Å²) in [7, 11) is 2.21. The summed E-state index contributed by atoms with van der Waals surface area (Å²) in [6.07, 6.45) is 6.14. The quantitative estimate of drug-likeness (QED) is 0.586. The van der Waals surface area contributed by atoms with Gasteiger partial charge in [0.05, 0.1) is 0 Å². The summed E-state index contributed by atoms with van der Waals surface area (Å²) < 4.78 is 5.68. The van der Waals surface area contributed by atoms with E-state index in [2.05, 4.69) is 53.4 Å². The van der Waals surface area contributed by atoms with Crippen LogP contribution in [-0.2, 0) is 11.3 Å². The number of nitrogens with zero attached hydrogens (tertiary/aromatic N) is 2. The molecule has 25 heavy (non-hydrogen) atoms. The van der Waals surface area contributed by atoms with Crippen molar-refractivity contribution >= 4 is 5.69 Å². The van der Waals surface area contributed by atoms with Crippen LogP contribution >= 0.6 is 0 Å². The van der Waals surface area contributed by atoms with Crippen LogP contribution in [0.3, 0.4) is 0 Å². The van der Waals surface area contributed by atoms with Crippen LogP contribution in [-0.4, -0.2) is 57.9 Å². The third kappa shape index (κ3) is 8.21. The minimum Gasteiger partial charge on any atom is -0.381 e. The Bertz CT molecular complexity index is 443. The fourth-order valence-electron chi connectivity index (χ4n) is 3.27. The monoisotopic (exact) mass is 347 g/mol. The molecule has 0 atom stereocenters. The molecule has 0 aliphatic carbocycles. The Balaban J connectivity index is 1.58. The molecule has 0 unspecified atom stereocenters. The van der Waals surface area contributed by atoms with E-state index in [1.807, 2.05) is 0 Å². The molecule has 0 amide bonds. The first-order valence-corrected chi connectivity index (χ1v) is 10.1. The molecule has 4 heteroatoms. The van der Waals surface area contributed by atoms with Gasteiger partial charge in [-0.15, -0.1) is 0 Å². The smallest absolute Gasteiger partial charge is 0.0466 e. The van der Waals surface area contributed by atoms with Crippen LogP contribution in [0.5, 0.6) is 0 Å². The van der Waals surface area contributed by atoms with Crippen molar-refractivity contribution in [1.29, 1.82) is 0 Å². The Hall–Kier alpha value is -1.10. The van der Waals surface area contributed by atoms with Gasteiger partial charge in [0.1, 0.15) is 0 Å². The second-order valence-corrected chi connectivity index (χ2v) is 7.17. The lowest BCUT2D eigenvalue weighted by molar-refractivity contribution is 0.124. The number of nitrogens with one attached hydrogen (secondary N) is 1. The molecule has 0 spiro atoms. The average Bonchev–Trinajstić information content (AvgIpc) is 2.65. The van der Waals surface area contributed by atoms with E-state index < -0.39 is 0 Å². The summed E-state index contributed by atoms with van der Waals surface area (Å²) >= 11 is 0. The molecule has 1 saturated heterocycles. The van der Waals surface area contributed by atoms with E-state index in [0.29, 0.717) is 0 Å². The summed E-state index contributed by atoms with van der Waals surface area (Å²) in [5.41, 5.74) is 2.75. The largest absolute Gasteiger partial charge is 0.381 e. The number of hydrogen-bond donors (Lipinski definition) is 1. The number of unbranched alkanes of at least 4 members (excludes halogenated alkanes) is 3. The molecule has 1 aliphatic heterocycles. The van der Waals surface area contributed by atoms with E-state index in [1.54, 1.807) is 0 Å². The molecule has 0 aromatic heterocycles. The summed E-state index contributed by atoms with van der Waals surface area (Å²) in [6.45, 7) is 10.6. The number of anilines is 1. The van der Waals surface area contributed by atoms with Crippen LogP contribution in [0.2, 0.25) is 0 Å². The number of piperazine rings is 1. The maximum atomic E-state index is 5.68. The molecule has 142 valence electrons. The first-order valence-electron chi connectivity index (χ1n) is 10.1. The fraction of sp³-hybridized carbons (Fsp3) is 0.714. The highest BCUT2D eigenvalue weighted by atomic mass is 16.5. The van der Waals surface area contributed by atoms with Gasteiger partial charge in [0, 0.05) is 51.6 Å². The number of benzene rings is 1. The summed E-state index contributed by atoms with van der Waals surface area (Å²) in [4.78, 5) is 4.88. The maximum Gasteiger partial charge on any atom is 0.0466 e. The van der Waals surface area contributed by atoms with Crippen molar-refractivity contribution in [1.82, 2.24) is 10.2 Å². The SMILES string of the molecule is CCCCCOCCCCN(C)Cc1ccc(N2CCNCC2)cc1. The van der Waals surface area contributed by atoms with Crippen molar-refractivity contribution in [2.45, 2.75) is 45.6 Å². The highest BCUT2D eigenvalue weighted by Gasteiger charge is 2.10. The predicted molar refractivity (Wildman–Crippen MR) is 107 cm³/mol. The van der Waals surface area contributed by atoms with E-state index >= 15 is 0 Å². The first-order chi connectivity index (χ1) is 12.3. The van der Waals surface area contributed by atoms with Gasteiger partial charge in [-0.25, -0.2) is 0 Å². The molecular formula is C21H37N3O. The molecule has 2 rings (SSSR count). The summed E-state index contributed by atoms with van der Waals surface area (Å²) in [5.74, 6) is 0. The predicted octanol–water partition coefficient (Wildman–Crippen LogP) is 3.52. The van der Waals surface area contributed by atoms with Crippen LogP contribution in [0.1, 0.15) is 44.6 Å². The molecule has 4 nitrogen and oxygen atoms in total. The van der Waals surface area contributed by atoms with Gasteiger partial charge >= 0.3 is 0 Å². The number of ether oxygens (including phenoxy) is 1. The molecule has 1 aliphatic rings. The minimum atomic E-state index is 0.914. The lowest BCUT2D eigenvalue weighted by Crippen LogP contribution is -2.43. The minimum absolute atomic E-state index is 0.914. The third-order valence-corrected chi connectivity index (χ3v) is 4.84. The van der Waals surface area contributed by atoms with Crippen molar-refractivity contribution in [3.63, 3.8) is 0 Å². The number of hydrogen-bond acceptors (Lipinski definition) is 4. The normalized spacial score (nSPS) is 15.1. The molecule has 0 bridgehead atoms. The standard InChI is InChI=1S/C21H37N3O/c1-3-4-6-17-25-18-7-5-14-23(2)19-20-8-10-21(11-9-20)24-15-12-22-13-16-24/h8-11,22H,3-7,12-19H2,1-2H3. The second kappa shape index (κ2) is 12.3. The zero-order chi connectivity index (χ0) is 17.7. The van der Waals surface area contributed by atoms with E-state index in [1.165, 1.54) is 43.4 Å². The highest BCUT2D eigenvalue weighted by Crippen LogP contribution is 2.16. The van der Waals surface area contributed by atoms with Crippen molar-refractivity contribution in [3.05, 3.63) is 29.8 Å². The van der Waals surface area contributed by atoms with Gasteiger partial charge in [0.25, 0.3) is 0 Å². The van der Waals surface area contributed by atoms with Crippen LogP contribution in [0, 0.1) is 0 Å². The van der Waals surface area contributed by atoms with Gasteiger partial charge in [-0.1, -0.05) is 31.9 Å². The summed E-state index contributed by atoms with van der Waals surface area (Å²) in [6, 6.07) is 9.12. The van der Waals surface area contributed by atoms with Gasteiger partial charge in [-0.05, 0) is 50.6 Å². The van der Waals surface area contributed by atoms with E-state index in [0.717, 1.165) is 52.5 Å². The molecule has 1 N–H and O–H groups in total. The van der Waals surface area contributed by atoms with Gasteiger partial charge in [0.2, 0.25) is 0 Å². The average molecular weight is 348 g/mol. The van der Waals surface area contributed by atoms with Crippen molar-refractivity contribution in [2.24, 2.45) is 0 Å². The fourth-order valence-corrected chi connectivity index (χ4v) is 3.27. The van der Waals surface area contributed by atoms with Gasteiger partial charge in [0.15, 0.2) is 0 Å². The van der Waals surface area contributed by atoms with Crippen LogP contribution < -0.4 is 10.2 Å². The van der Waals surface area contributed by atoms with Crippen molar-refractivity contribution in [2.75, 3.05) is 57.9 Å². The Morgan fingerprint density at radius 3 is 2.36 bits per heavy atom. The second-order valence-electron chi connectivity index (χ2n) is 7.17. The van der Waals surface area contributed by atoms with E-state index in [-0.39, 0.29) is 0 Å². The number of rotatable bonds is 12. The van der Waals surface area contributed by atoms with Crippen molar-refractivity contribution in [3.8, 4) is 0 Å². The molecule has 1 aromatic rings. The summed E-state index contributed by atoms with van der Waals surface area (Å²) in [5, 5.41) is 3.41. The van der Waals surface area contributed by atoms with Gasteiger partial charge in [-0.2, -0.15) is 0 Å². The molecule has 0 radical (unpaired) electrons. The molecule has 1 aromatic carbocycles. The van der Waals surface area contributed by atoms with Gasteiger partial charge < -0.3 is 19.9 Å². The first kappa shape index (κ1) is 20.2. The zero-order valence-corrected chi connectivity index (χ0v) is 16.3. The van der Waals surface area contributed by atoms with Crippen molar-refractivity contribution < 1.29 is 4.74 Å². The highest BCUT2D eigenvalue weighted by molar-refractivity contribution is 5.48. The Morgan fingerprint density at radius 2 is 1.68 bits per heavy atom. The van der Waals surface area contributed by atoms with Crippen LogP contribution in [0.15, 0.2) is 24.3 Å². The van der Waals surface area contributed by atoms with Crippen LogP contribution in [0.25, 0.3) is 0 Å². The molecule has 1 fully saturated rings. The Labute approximate surface area is 154 Å². The third-order valence-electron chi connectivity index (χ3n) is 4.84. The topological polar surface area (TPSA) is 27.7 Å². The van der Waals surface area contributed by atoms with E-state index in [9.17, 15) is 0 Å². The maximum absolute atomic E-state index is 5.68. The van der Waals surface area contributed by atoms with E-state index in [4.69, 9.17) is 4.74 Å². The molecule has 0 saturated carbocycles. The lowest BCUT2D eigenvalue weighted by Gasteiger charge is -2.29.